The normalized spacial score (nSPS) is 25.6. The molecule has 0 unspecified atom stereocenters. The van der Waals surface area contributed by atoms with Crippen molar-refractivity contribution in [2.75, 3.05) is 11.9 Å². The molecule has 0 atom stereocenters. The maximum Gasteiger partial charge on any atom is 0.325 e. The highest BCUT2D eigenvalue weighted by atomic mass is 16.2. The van der Waals surface area contributed by atoms with E-state index in [1.807, 2.05) is 25.1 Å². The summed E-state index contributed by atoms with van der Waals surface area (Å²) in [5.74, 6) is -0.0979. The fourth-order valence-electron chi connectivity index (χ4n) is 4.18. The largest absolute Gasteiger partial charge is 0.325 e. The molecule has 1 saturated carbocycles. The second-order valence-corrected chi connectivity index (χ2v) is 8.91. The minimum Gasteiger partial charge on any atom is -0.324 e. The quantitative estimate of drug-likeness (QED) is 0.799. The van der Waals surface area contributed by atoms with E-state index in [1.54, 1.807) is 6.07 Å². The van der Waals surface area contributed by atoms with Gasteiger partial charge in [-0.05, 0) is 55.6 Å². The third-order valence-corrected chi connectivity index (χ3v) is 6.03. The molecule has 1 heterocycles. The molecule has 1 aromatic rings. The van der Waals surface area contributed by atoms with Gasteiger partial charge >= 0.3 is 6.03 Å². The van der Waals surface area contributed by atoms with Gasteiger partial charge < -0.3 is 10.6 Å². The first-order valence-corrected chi connectivity index (χ1v) is 9.62. The van der Waals surface area contributed by atoms with Crippen LogP contribution in [0.2, 0.25) is 0 Å². The summed E-state index contributed by atoms with van der Waals surface area (Å²) >= 11 is 0. The lowest BCUT2D eigenvalue weighted by Crippen LogP contribution is -2.51. The molecule has 27 heavy (non-hydrogen) atoms. The minimum atomic E-state index is -0.832. The summed E-state index contributed by atoms with van der Waals surface area (Å²) in [6.07, 6.45) is 3.07. The molecular weight excluding hydrogens is 342 g/mol. The Bertz CT molecular complexity index is 758. The molecule has 0 radical (unpaired) electrons. The van der Waals surface area contributed by atoms with Gasteiger partial charge in [0.05, 0.1) is 0 Å². The van der Waals surface area contributed by atoms with E-state index in [4.69, 9.17) is 0 Å². The van der Waals surface area contributed by atoms with E-state index >= 15 is 0 Å². The number of rotatable bonds is 3. The molecule has 0 aromatic heterocycles. The third kappa shape index (κ3) is 3.84. The standard InChI is InChI=1S/C21H29N3O3/c1-14-7-5-6-8-16(14)22-17(25)13-24-18(26)21(23-19(24)27)11-9-15(10-12-21)20(2,3)4/h5-8,15H,9-13H2,1-4H3,(H,22,25)(H,23,27). The number of aryl methyl sites for hydroxylation is 1. The monoisotopic (exact) mass is 371 g/mol. The van der Waals surface area contributed by atoms with E-state index in [1.165, 1.54) is 0 Å². The highest BCUT2D eigenvalue weighted by Gasteiger charge is 2.53. The summed E-state index contributed by atoms with van der Waals surface area (Å²) in [7, 11) is 0. The van der Waals surface area contributed by atoms with Crippen molar-refractivity contribution in [1.82, 2.24) is 10.2 Å². The first-order valence-electron chi connectivity index (χ1n) is 9.62. The second kappa shape index (κ2) is 6.98. The highest BCUT2D eigenvalue weighted by molar-refractivity contribution is 6.10. The van der Waals surface area contributed by atoms with Crippen LogP contribution in [0.3, 0.4) is 0 Å². The van der Waals surface area contributed by atoms with Gasteiger partial charge in [0.1, 0.15) is 12.1 Å². The number of para-hydroxylation sites is 1. The molecule has 6 nitrogen and oxygen atoms in total. The van der Waals surface area contributed by atoms with Crippen molar-refractivity contribution in [3.8, 4) is 0 Å². The minimum absolute atomic E-state index is 0.195. The molecule has 4 amide bonds. The van der Waals surface area contributed by atoms with Crippen LogP contribution in [0.15, 0.2) is 24.3 Å². The van der Waals surface area contributed by atoms with E-state index in [-0.39, 0.29) is 23.8 Å². The number of carbonyl (C=O) groups excluding carboxylic acids is 3. The Morgan fingerprint density at radius 1 is 1.22 bits per heavy atom. The summed E-state index contributed by atoms with van der Waals surface area (Å²) < 4.78 is 0. The highest BCUT2D eigenvalue weighted by Crippen LogP contribution is 2.43. The summed E-state index contributed by atoms with van der Waals surface area (Å²) in [4.78, 5) is 38.8. The number of nitrogens with one attached hydrogen (secondary N) is 2. The SMILES string of the molecule is Cc1ccccc1NC(=O)CN1C(=O)NC2(CCC(C(C)(C)C)CC2)C1=O. The van der Waals surface area contributed by atoms with Crippen LogP contribution in [0.4, 0.5) is 10.5 Å². The van der Waals surface area contributed by atoms with E-state index in [9.17, 15) is 14.4 Å². The molecule has 146 valence electrons. The van der Waals surface area contributed by atoms with Gasteiger partial charge in [-0.2, -0.15) is 0 Å². The lowest BCUT2D eigenvalue weighted by Gasteiger charge is -2.40. The molecule has 1 aliphatic heterocycles. The summed E-state index contributed by atoms with van der Waals surface area (Å²) in [5, 5.41) is 5.66. The van der Waals surface area contributed by atoms with Gasteiger partial charge in [-0.25, -0.2) is 4.79 Å². The van der Waals surface area contributed by atoms with E-state index in [0.717, 1.165) is 23.3 Å². The Kier molecular flexibility index (Phi) is 5.02. The number of hydrogen-bond donors (Lipinski definition) is 2. The van der Waals surface area contributed by atoms with Crippen molar-refractivity contribution in [2.45, 2.75) is 58.9 Å². The van der Waals surface area contributed by atoms with Crippen LogP contribution in [-0.2, 0) is 9.59 Å². The summed E-state index contributed by atoms with van der Waals surface area (Å²) in [6.45, 7) is 8.28. The van der Waals surface area contributed by atoms with Crippen molar-refractivity contribution in [1.29, 1.82) is 0 Å². The van der Waals surface area contributed by atoms with Gasteiger partial charge in [-0.1, -0.05) is 39.0 Å². The smallest absolute Gasteiger partial charge is 0.324 e. The lowest BCUT2D eigenvalue weighted by molar-refractivity contribution is -0.135. The first kappa shape index (κ1) is 19.4. The van der Waals surface area contributed by atoms with Crippen LogP contribution >= 0.6 is 0 Å². The van der Waals surface area contributed by atoms with Gasteiger partial charge in [-0.15, -0.1) is 0 Å². The zero-order chi connectivity index (χ0) is 19.8. The van der Waals surface area contributed by atoms with Gasteiger partial charge in [-0.3, -0.25) is 14.5 Å². The molecule has 2 fully saturated rings. The number of anilines is 1. The Hall–Kier alpha value is -2.37. The van der Waals surface area contributed by atoms with Crippen LogP contribution in [-0.4, -0.2) is 34.8 Å². The number of hydrogen-bond acceptors (Lipinski definition) is 3. The number of benzene rings is 1. The van der Waals surface area contributed by atoms with Crippen LogP contribution < -0.4 is 10.6 Å². The third-order valence-electron chi connectivity index (χ3n) is 6.03. The van der Waals surface area contributed by atoms with Gasteiger partial charge in [0, 0.05) is 5.69 Å². The Morgan fingerprint density at radius 3 is 2.44 bits per heavy atom. The van der Waals surface area contributed by atoms with E-state index in [0.29, 0.717) is 24.4 Å². The number of amides is 4. The number of carbonyl (C=O) groups is 3. The van der Waals surface area contributed by atoms with Crippen LogP contribution in [0, 0.1) is 18.3 Å². The summed E-state index contributed by atoms with van der Waals surface area (Å²) in [5.41, 5.74) is 0.984. The molecule has 1 spiro atoms. The molecular formula is C21H29N3O3. The van der Waals surface area contributed by atoms with Gasteiger partial charge in [0.15, 0.2) is 0 Å². The maximum atomic E-state index is 13.0. The maximum absolute atomic E-state index is 13.0. The Morgan fingerprint density at radius 2 is 1.85 bits per heavy atom. The predicted molar refractivity (Wildman–Crippen MR) is 104 cm³/mol. The number of nitrogens with zero attached hydrogens (tertiary/aromatic N) is 1. The fraction of sp³-hybridized carbons (Fsp3) is 0.571. The molecule has 1 aliphatic carbocycles. The first-order chi connectivity index (χ1) is 12.6. The number of imide groups is 1. The predicted octanol–water partition coefficient (Wildman–Crippen LogP) is 3.46. The van der Waals surface area contributed by atoms with Crippen molar-refractivity contribution >= 4 is 23.5 Å². The Labute approximate surface area is 160 Å². The molecule has 2 aliphatic rings. The zero-order valence-electron chi connectivity index (χ0n) is 16.6. The molecule has 6 heteroatoms. The average Bonchev–Trinajstić information content (AvgIpc) is 2.81. The summed E-state index contributed by atoms with van der Waals surface area (Å²) in [6, 6.07) is 6.95. The Balaban J connectivity index is 1.65. The van der Waals surface area contributed by atoms with Crippen molar-refractivity contribution in [2.24, 2.45) is 11.3 Å². The fourth-order valence-corrected chi connectivity index (χ4v) is 4.18. The molecule has 2 N–H and O–H groups in total. The van der Waals surface area contributed by atoms with Crippen molar-refractivity contribution in [3.05, 3.63) is 29.8 Å². The van der Waals surface area contributed by atoms with Crippen LogP contribution in [0.1, 0.15) is 52.0 Å². The van der Waals surface area contributed by atoms with E-state index < -0.39 is 11.6 Å². The topological polar surface area (TPSA) is 78.5 Å². The molecule has 1 saturated heterocycles. The molecule has 1 aromatic carbocycles. The molecule has 3 rings (SSSR count). The van der Waals surface area contributed by atoms with E-state index in [2.05, 4.69) is 31.4 Å². The van der Waals surface area contributed by atoms with Crippen LogP contribution in [0.25, 0.3) is 0 Å². The number of urea groups is 1. The zero-order valence-corrected chi connectivity index (χ0v) is 16.6. The second-order valence-electron chi connectivity index (χ2n) is 8.91. The molecule has 0 bridgehead atoms. The van der Waals surface area contributed by atoms with Gasteiger partial charge in [0.25, 0.3) is 5.91 Å². The van der Waals surface area contributed by atoms with Crippen LogP contribution in [0.5, 0.6) is 0 Å². The van der Waals surface area contributed by atoms with Crippen molar-refractivity contribution < 1.29 is 14.4 Å². The van der Waals surface area contributed by atoms with Gasteiger partial charge in [0.2, 0.25) is 5.91 Å². The average molecular weight is 371 g/mol. The van der Waals surface area contributed by atoms with Crippen molar-refractivity contribution in [3.63, 3.8) is 0 Å². The lowest BCUT2D eigenvalue weighted by atomic mass is 9.67.